The van der Waals surface area contributed by atoms with Crippen LogP contribution in [0.15, 0.2) is 18.2 Å². The van der Waals surface area contributed by atoms with Crippen molar-refractivity contribution in [2.45, 2.75) is 32.0 Å². The fraction of sp³-hybridized carbons (Fsp3) is 0.500. The van der Waals surface area contributed by atoms with Crippen LogP contribution < -0.4 is 5.32 Å². The van der Waals surface area contributed by atoms with Crippen molar-refractivity contribution in [3.05, 3.63) is 28.8 Å². The van der Waals surface area contributed by atoms with Gasteiger partial charge in [-0.25, -0.2) is 0 Å². The quantitative estimate of drug-likeness (QED) is 0.876. The topological polar surface area (TPSA) is 32.3 Å². The molecule has 0 aromatic heterocycles. The molecule has 0 fully saturated rings. The number of anilines is 1. The Kier molecular flexibility index (Phi) is 4.50. The Bertz CT molecular complexity index is 418. The fourth-order valence-corrected chi connectivity index (χ4v) is 1.49. The summed E-state index contributed by atoms with van der Waals surface area (Å²) < 4.78 is 38.3. The molecule has 6 heteroatoms. The second-order valence-corrected chi connectivity index (χ2v) is 4.83. The van der Waals surface area contributed by atoms with Gasteiger partial charge in [-0.3, -0.25) is 0 Å². The van der Waals surface area contributed by atoms with E-state index in [-0.39, 0.29) is 17.3 Å². The van der Waals surface area contributed by atoms with E-state index in [0.29, 0.717) is 6.42 Å². The highest BCUT2D eigenvalue weighted by Crippen LogP contribution is 2.36. The van der Waals surface area contributed by atoms with E-state index in [1.807, 2.05) is 0 Å². The maximum absolute atomic E-state index is 12.8. The summed E-state index contributed by atoms with van der Waals surface area (Å²) in [5.41, 5.74) is -1.97. The van der Waals surface area contributed by atoms with Crippen LogP contribution in [0.5, 0.6) is 0 Å². The summed E-state index contributed by atoms with van der Waals surface area (Å²) in [6.45, 7) is 3.35. The van der Waals surface area contributed by atoms with Crippen LogP contribution in [0.3, 0.4) is 0 Å². The molecule has 1 aromatic carbocycles. The molecule has 1 aromatic rings. The number of hydrogen-bond acceptors (Lipinski definition) is 2. The minimum Gasteiger partial charge on any atom is -0.388 e. The van der Waals surface area contributed by atoms with E-state index in [4.69, 9.17) is 11.6 Å². The van der Waals surface area contributed by atoms with Gasteiger partial charge in [0.15, 0.2) is 0 Å². The van der Waals surface area contributed by atoms with Crippen LogP contribution >= 0.6 is 11.6 Å². The van der Waals surface area contributed by atoms with Crippen molar-refractivity contribution in [2.24, 2.45) is 0 Å². The molecule has 0 saturated heterocycles. The average molecular weight is 282 g/mol. The first-order chi connectivity index (χ1) is 8.15. The van der Waals surface area contributed by atoms with Crippen LogP contribution in [0.1, 0.15) is 25.8 Å². The maximum atomic E-state index is 12.8. The van der Waals surface area contributed by atoms with Crippen molar-refractivity contribution in [2.75, 3.05) is 11.9 Å². The third-order valence-electron chi connectivity index (χ3n) is 2.71. The molecular formula is C12H15ClF3NO. The van der Waals surface area contributed by atoms with E-state index in [1.54, 1.807) is 13.8 Å². The van der Waals surface area contributed by atoms with Crippen molar-refractivity contribution in [3.63, 3.8) is 0 Å². The van der Waals surface area contributed by atoms with Crippen molar-refractivity contribution in [1.29, 1.82) is 0 Å². The van der Waals surface area contributed by atoms with E-state index in [2.05, 4.69) is 5.32 Å². The Balaban J connectivity index is 2.96. The van der Waals surface area contributed by atoms with Gasteiger partial charge in [-0.05, 0) is 31.5 Å². The summed E-state index contributed by atoms with van der Waals surface area (Å²) in [7, 11) is 0. The van der Waals surface area contributed by atoms with E-state index in [0.717, 1.165) is 6.07 Å². The van der Waals surface area contributed by atoms with Gasteiger partial charge in [-0.2, -0.15) is 13.2 Å². The van der Waals surface area contributed by atoms with E-state index < -0.39 is 17.3 Å². The normalized spacial score (nSPS) is 15.3. The van der Waals surface area contributed by atoms with Crippen molar-refractivity contribution < 1.29 is 18.3 Å². The molecule has 1 unspecified atom stereocenters. The predicted molar refractivity (Wildman–Crippen MR) is 65.9 cm³/mol. The number of alkyl halides is 3. The zero-order valence-electron chi connectivity index (χ0n) is 10.1. The molecule has 0 aliphatic heterocycles. The zero-order valence-corrected chi connectivity index (χ0v) is 10.9. The molecule has 0 aliphatic rings. The van der Waals surface area contributed by atoms with Gasteiger partial charge < -0.3 is 10.4 Å². The Morgan fingerprint density at radius 3 is 2.44 bits per heavy atom. The Morgan fingerprint density at radius 2 is 1.94 bits per heavy atom. The molecule has 2 N–H and O–H groups in total. The highest BCUT2D eigenvalue weighted by molar-refractivity contribution is 6.30. The van der Waals surface area contributed by atoms with Gasteiger partial charge >= 0.3 is 6.18 Å². The first kappa shape index (κ1) is 15.1. The minimum atomic E-state index is -4.48. The number of rotatable bonds is 4. The van der Waals surface area contributed by atoms with Gasteiger partial charge in [0, 0.05) is 17.3 Å². The summed E-state index contributed by atoms with van der Waals surface area (Å²) in [5, 5.41) is 12.4. The van der Waals surface area contributed by atoms with Crippen LogP contribution in [0.25, 0.3) is 0 Å². The van der Waals surface area contributed by atoms with Gasteiger partial charge in [-0.1, -0.05) is 18.5 Å². The molecule has 1 atom stereocenters. The molecule has 0 radical (unpaired) electrons. The second kappa shape index (κ2) is 5.36. The zero-order chi connectivity index (χ0) is 14.0. The van der Waals surface area contributed by atoms with Crippen molar-refractivity contribution in [3.8, 4) is 0 Å². The van der Waals surface area contributed by atoms with E-state index in [1.165, 1.54) is 12.1 Å². The molecular weight excluding hydrogens is 267 g/mol. The van der Waals surface area contributed by atoms with Gasteiger partial charge in [-0.15, -0.1) is 0 Å². The third-order valence-corrected chi connectivity index (χ3v) is 2.94. The SMILES string of the molecule is CCC(C)(O)CNc1ccc(Cl)cc1C(F)(F)F. The van der Waals surface area contributed by atoms with Crippen LogP contribution in [-0.4, -0.2) is 17.3 Å². The monoisotopic (exact) mass is 281 g/mol. The second-order valence-electron chi connectivity index (χ2n) is 4.39. The number of aliphatic hydroxyl groups is 1. The van der Waals surface area contributed by atoms with Gasteiger partial charge in [0.25, 0.3) is 0 Å². The summed E-state index contributed by atoms with van der Waals surface area (Å²) in [6, 6.07) is 3.50. The first-order valence-electron chi connectivity index (χ1n) is 5.49. The average Bonchev–Trinajstić information content (AvgIpc) is 2.26. The van der Waals surface area contributed by atoms with Crippen LogP contribution in [0.4, 0.5) is 18.9 Å². The molecule has 0 heterocycles. The number of halogens is 4. The smallest absolute Gasteiger partial charge is 0.388 e. The maximum Gasteiger partial charge on any atom is 0.418 e. The molecule has 102 valence electrons. The molecule has 2 nitrogen and oxygen atoms in total. The van der Waals surface area contributed by atoms with Gasteiger partial charge in [0.2, 0.25) is 0 Å². The Hall–Kier alpha value is -0.940. The summed E-state index contributed by atoms with van der Waals surface area (Å²) in [6.07, 6.45) is -4.04. The van der Waals surface area contributed by atoms with Gasteiger partial charge in [0.05, 0.1) is 11.2 Å². The molecule has 1 rings (SSSR count). The fourth-order valence-electron chi connectivity index (χ4n) is 1.32. The van der Waals surface area contributed by atoms with Crippen LogP contribution in [-0.2, 0) is 6.18 Å². The number of benzene rings is 1. The third kappa shape index (κ3) is 4.07. The van der Waals surface area contributed by atoms with E-state index in [9.17, 15) is 18.3 Å². The van der Waals surface area contributed by atoms with Crippen LogP contribution in [0.2, 0.25) is 5.02 Å². The highest BCUT2D eigenvalue weighted by atomic mass is 35.5. The summed E-state index contributed by atoms with van der Waals surface area (Å²) >= 11 is 5.56. The lowest BCUT2D eigenvalue weighted by molar-refractivity contribution is -0.137. The van der Waals surface area contributed by atoms with E-state index >= 15 is 0 Å². The highest BCUT2D eigenvalue weighted by Gasteiger charge is 2.34. The largest absolute Gasteiger partial charge is 0.418 e. The summed E-state index contributed by atoms with van der Waals surface area (Å²) in [4.78, 5) is 0. The van der Waals surface area contributed by atoms with Gasteiger partial charge in [0.1, 0.15) is 0 Å². The standard InChI is InChI=1S/C12H15ClF3NO/c1-3-11(2,18)7-17-10-5-4-8(13)6-9(10)12(14,15)16/h4-6,17-18H,3,7H2,1-2H3. The lowest BCUT2D eigenvalue weighted by Gasteiger charge is -2.23. The van der Waals surface area contributed by atoms with Crippen molar-refractivity contribution >= 4 is 17.3 Å². The van der Waals surface area contributed by atoms with Crippen molar-refractivity contribution in [1.82, 2.24) is 0 Å². The first-order valence-corrected chi connectivity index (χ1v) is 5.86. The molecule has 0 spiro atoms. The number of nitrogens with one attached hydrogen (secondary N) is 1. The molecule has 0 saturated carbocycles. The Morgan fingerprint density at radius 1 is 1.33 bits per heavy atom. The molecule has 0 amide bonds. The molecule has 0 bridgehead atoms. The summed E-state index contributed by atoms with van der Waals surface area (Å²) in [5.74, 6) is 0. The minimum absolute atomic E-state index is 0.0233. The van der Waals surface area contributed by atoms with Crippen LogP contribution in [0, 0.1) is 0 Å². The Labute approximate surface area is 109 Å². The molecule has 0 aliphatic carbocycles. The molecule has 18 heavy (non-hydrogen) atoms. The lowest BCUT2D eigenvalue weighted by Crippen LogP contribution is -2.33. The lowest BCUT2D eigenvalue weighted by atomic mass is 10.0. The predicted octanol–water partition coefficient (Wildman–Crippen LogP) is 3.93. The number of hydrogen-bond donors (Lipinski definition) is 2.